The van der Waals surface area contributed by atoms with Crippen molar-refractivity contribution >= 4 is 5.91 Å². The van der Waals surface area contributed by atoms with Crippen molar-refractivity contribution < 1.29 is 9.53 Å². The second kappa shape index (κ2) is 6.98. The third-order valence-electron chi connectivity index (χ3n) is 2.88. The lowest BCUT2D eigenvalue weighted by Crippen LogP contribution is -2.35. The smallest absolute Gasteiger partial charge is 0.260 e. The van der Waals surface area contributed by atoms with Gasteiger partial charge < -0.3 is 9.64 Å². The average molecular weight is 261 g/mol. The van der Waals surface area contributed by atoms with E-state index >= 15 is 0 Å². The van der Waals surface area contributed by atoms with Gasteiger partial charge in [0, 0.05) is 13.1 Å². The van der Waals surface area contributed by atoms with Gasteiger partial charge in [0.2, 0.25) is 0 Å². The molecular weight excluding hydrogens is 238 g/mol. The number of hydrogen-bond acceptors (Lipinski definition) is 2. The number of likely N-dealkylation sites (N-methyl/N-ethyl adjacent to an activating group) is 1. The molecule has 19 heavy (non-hydrogen) atoms. The van der Waals surface area contributed by atoms with Gasteiger partial charge in [-0.3, -0.25) is 4.79 Å². The summed E-state index contributed by atoms with van der Waals surface area (Å²) in [5.74, 6) is 0.760. The number of hydrogen-bond donors (Lipinski definition) is 0. The van der Waals surface area contributed by atoms with Gasteiger partial charge in [-0.2, -0.15) is 0 Å². The molecule has 3 heteroatoms. The van der Waals surface area contributed by atoms with Gasteiger partial charge in [-0.1, -0.05) is 29.8 Å². The maximum atomic E-state index is 12.0. The van der Waals surface area contributed by atoms with Crippen LogP contribution in [0.1, 0.15) is 25.0 Å². The zero-order valence-electron chi connectivity index (χ0n) is 12.3. The molecule has 1 aromatic carbocycles. The van der Waals surface area contributed by atoms with Crippen molar-refractivity contribution in [3.63, 3.8) is 0 Å². The lowest BCUT2D eigenvalue weighted by atomic mass is 10.1. The Kier molecular flexibility index (Phi) is 5.61. The highest BCUT2D eigenvalue weighted by atomic mass is 16.5. The van der Waals surface area contributed by atoms with Crippen LogP contribution >= 0.6 is 0 Å². The monoisotopic (exact) mass is 261 g/mol. The fourth-order valence-corrected chi connectivity index (χ4v) is 1.89. The first-order chi connectivity index (χ1) is 8.93. The van der Waals surface area contributed by atoms with Crippen LogP contribution in [0.2, 0.25) is 0 Å². The average Bonchev–Trinajstić information content (AvgIpc) is 2.34. The predicted octanol–water partition coefficient (Wildman–Crippen LogP) is 3.11. The van der Waals surface area contributed by atoms with E-state index in [1.54, 1.807) is 4.90 Å². The fourth-order valence-electron chi connectivity index (χ4n) is 1.89. The molecule has 104 valence electrons. The number of rotatable bonds is 6. The summed E-state index contributed by atoms with van der Waals surface area (Å²) in [5, 5.41) is 0. The quantitative estimate of drug-likeness (QED) is 0.736. The Morgan fingerprint density at radius 3 is 2.58 bits per heavy atom. The van der Waals surface area contributed by atoms with E-state index in [0.29, 0.717) is 13.1 Å². The molecule has 0 aliphatic heterocycles. The normalized spacial score (nSPS) is 10.1. The van der Waals surface area contributed by atoms with Crippen LogP contribution in [0.15, 0.2) is 30.4 Å². The van der Waals surface area contributed by atoms with Gasteiger partial charge in [-0.25, -0.2) is 0 Å². The molecule has 1 aromatic rings. The Hall–Kier alpha value is -1.77. The molecule has 0 saturated heterocycles. The summed E-state index contributed by atoms with van der Waals surface area (Å²) < 4.78 is 5.60. The van der Waals surface area contributed by atoms with E-state index in [0.717, 1.165) is 16.9 Å². The molecule has 1 amide bonds. The molecule has 0 atom stereocenters. The molecule has 0 saturated carbocycles. The molecule has 3 nitrogen and oxygen atoms in total. The van der Waals surface area contributed by atoms with Crippen molar-refractivity contribution in [2.24, 2.45) is 0 Å². The summed E-state index contributed by atoms with van der Waals surface area (Å²) in [6, 6.07) is 5.94. The van der Waals surface area contributed by atoms with Crippen LogP contribution < -0.4 is 4.74 Å². The molecule has 1 rings (SSSR count). The van der Waals surface area contributed by atoms with E-state index in [-0.39, 0.29) is 12.5 Å². The summed E-state index contributed by atoms with van der Waals surface area (Å²) in [7, 11) is 0. The Balaban J connectivity index is 2.60. The second-order valence-corrected chi connectivity index (χ2v) is 4.92. The van der Waals surface area contributed by atoms with E-state index in [4.69, 9.17) is 4.74 Å². The zero-order chi connectivity index (χ0) is 14.4. The van der Waals surface area contributed by atoms with Gasteiger partial charge in [0.05, 0.1) is 0 Å². The van der Waals surface area contributed by atoms with Crippen LogP contribution in [0.4, 0.5) is 0 Å². The first-order valence-corrected chi connectivity index (χ1v) is 6.56. The first-order valence-electron chi connectivity index (χ1n) is 6.56. The minimum atomic E-state index is -0.00882. The molecule has 0 radical (unpaired) electrons. The molecule has 0 aliphatic rings. The number of aryl methyl sites for hydroxylation is 2. The third kappa shape index (κ3) is 4.78. The van der Waals surface area contributed by atoms with Gasteiger partial charge in [0.1, 0.15) is 5.75 Å². The Morgan fingerprint density at radius 1 is 1.37 bits per heavy atom. The minimum absolute atomic E-state index is 0.00882. The Bertz CT molecular complexity index is 466. The molecule has 0 aromatic heterocycles. The number of nitrogens with zero attached hydrogens (tertiary/aromatic N) is 1. The highest BCUT2D eigenvalue weighted by molar-refractivity contribution is 5.78. The lowest BCUT2D eigenvalue weighted by Gasteiger charge is -2.21. The van der Waals surface area contributed by atoms with Gasteiger partial charge in [0.25, 0.3) is 5.91 Å². The third-order valence-corrected chi connectivity index (χ3v) is 2.88. The van der Waals surface area contributed by atoms with Crippen molar-refractivity contribution in [3.8, 4) is 5.75 Å². The topological polar surface area (TPSA) is 29.5 Å². The standard InChI is InChI=1S/C16H23NO2/c1-6-17(10-12(2)3)16(18)11-19-15-8-7-13(4)9-14(15)5/h7-9H,2,6,10-11H2,1,3-5H3. The molecule has 0 bridgehead atoms. The Morgan fingerprint density at radius 2 is 2.05 bits per heavy atom. The van der Waals surface area contributed by atoms with Gasteiger partial charge in [0.15, 0.2) is 6.61 Å². The Labute approximate surface area is 115 Å². The van der Waals surface area contributed by atoms with Crippen LogP contribution in [0, 0.1) is 13.8 Å². The van der Waals surface area contributed by atoms with Crippen molar-refractivity contribution in [1.82, 2.24) is 4.90 Å². The van der Waals surface area contributed by atoms with Crippen LogP contribution in [-0.4, -0.2) is 30.5 Å². The summed E-state index contributed by atoms with van der Waals surface area (Å²) in [6.07, 6.45) is 0. The highest BCUT2D eigenvalue weighted by Crippen LogP contribution is 2.18. The van der Waals surface area contributed by atoms with Gasteiger partial charge in [-0.15, -0.1) is 0 Å². The summed E-state index contributed by atoms with van der Waals surface area (Å²) in [5.41, 5.74) is 3.21. The number of carbonyl (C=O) groups is 1. The van der Waals surface area contributed by atoms with Crippen LogP contribution in [0.3, 0.4) is 0 Å². The maximum Gasteiger partial charge on any atom is 0.260 e. The predicted molar refractivity (Wildman–Crippen MR) is 78.5 cm³/mol. The number of carbonyl (C=O) groups excluding carboxylic acids is 1. The maximum absolute atomic E-state index is 12.0. The van der Waals surface area contributed by atoms with Crippen LogP contribution in [0.25, 0.3) is 0 Å². The molecule has 0 spiro atoms. The molecule has 0 aliphatic carbocycles. The van der Waals surface area contributed by atoms with E-state index in [2.05, 4.69) is 6.58 Å². The second-order valence-electron chi connectivity index (χ2n) is 4.92. The van der Waals surface area contributed by atoms with E-state index < -0.39 is 0 Å². The van der Waals surface area contributed by atoms with E-state index in [1.165, 1.54) is 5.56 Å². The largest absolute Gasteiger partial charge is 0.484 e. The summed E-state index contributed by atoms with van der Waals surface area (Å²) >= 11 is 0. The van der Waals surface area contributed by atoms with Crippen molar-refractivity contribution in [2.45, 2.75) is 27.7 Å². The highest BCUT2D eigenvalue weighted by Gasteiger charge is 2.12. The van der Waals surface area contributed by atoms with Crippen molar-refractivity contribution in [3.05, 3.63) is 41.5 Å². The molecule has 0 unspecified atom stereocenters. The SMILES string of the molecule is C=C(C)CN(CC)C(=O)COc1ccc(C)cc1C. The molecule has 0 fully saturated rings. The first kappa shape index (κ1) is 15.3. The van der Waals surface area contributed by atoms with Gasteiger partial charge >= 0.3 is 0 Å². The lowest BCUT2D eigenvalue weighted by molar-refractivity contribution is -0.132. The minimum Gasteiger partial charge on any atom is -0.484 e. The van der Waals surface area contributed by atoms with E-state index in [1.807, 2.05) is 45.9 Å². The molecule has 0 heterocycles. The van der Waals surface area contributed by atoms with Crippen molar-refractivity contribution in [1.29, 1.82) is 0 Å². The fraction of sp³-hybridized carbons (Fsp3) is 0.438. The van der Waals surface area contributed by atoms with Crippen molar-refractivity contribution in [2.75, 3.05) is 19.7 Å². The van der Waals surface area contributed by atoms with Crippen LogP contribution in [0.5, 0.6) is 5.75 Å². The number of amides is 1. The zero-order valence-corrected chi connectivity index (χ0v) is 12.3. The number of benzene rings is 1. The molecule has 0 N–H and O–H groups in total. The van der Waals surface area contributed by atoms with Gasteiger partial charge in [-0.05, 0) is 39.3 Å². The molecular formula is C16H23NO2. The van der Waals surface area contributed by atoms with E-state index in [9.17, 15) is 4.79 Å². The number of ether oxygens (including phenoxy) is 1. The van der Waals surface area contributed by atoms with Crippen LogP contribution in [-0.2, 0) is 4.79 Å². The summed E-state index contributed by atoms with van der Waals surface area (Å²) in [4.78, 5) is 13.8. The summed E-state index contributed by atoms with van der Waals surface area (Å²) in [6.45, 7) is 13.1.